The van der Waals surface area contributed by atoms with Crippen LogP contribution < -0.4 is 4.74 Å². The predicted molar refractivity (Wildman–Crippen MR) is 84.2 cm³/mol. The second-order valence-corrected chi connectivity index (χ2v) is 5.39. The monoisotopic (exact) mass is 364 g/mol. The van der Waals surface area contributed by atoms with E-state index in [1.54, 1.807) is 0 Å². The summed E-state index contributed by atoms with van der Waals surface area (Å²) in [6, 6.07) is 16.3. The van der Waals surface area contributed by atoms with Crippen LogP contribution >= 0.6 is 22.6 Å². The van der Waals surface area contributed by atoms with E-state index in [0.29, 0.717) is 6.61 Å². The van der Waals surface area contributed by atoms with Crippen molar-refractivity contribution in [2.24, 2.45) is 7.05 Å². The van der Waals surface area contributed by atoms with E-state index in [-0.39, 0.29) is 0 Å². The number of halogens is 1. The summed E-state index contributed by atoms with van der Waals surface area (Å²) in [5.41, 5.74) is 2.29. The van der Waals surface area contributed by atoms with Gasteiger partial charge in [-0.05, 0) is 46.4 Å². The molecule has 0 aliphatic heterocycles. The SMILES string of the molecule is Cn1nc(I)c2cc(OCc3ccccc3)ccc21. The van der Waals surface area contributed by atoms with Crippen LogP contribution in [0.1, 0.15) is 5.56 Å². The summed E-state index contributed by atoms with van der Waals surface area (Å²) in [4.78, 5) is 0. The number of hydrogen-bond acceptors (Lipinski definition) is 2. The molecular formula is C15H13IN2O. The molecule has 0 atom stereocenters. The van der Waals surface area contributed by atoms with Gasteiger partial charge in [-0.25, -0.2) is 0 Å². The Kier molecular flexibility index (Phi) is 3.42. The first kappa shape index (κ1) is 12.5. The summed E-state index contributed by atoms with van der Waals surface area (Å²) in [5, 5.41) is 5.53. The minimum absolute atomic E-state index is 0.586. The van der Waals surface area contributed by atoms with Gasteiger partial charge in [-0.15, -0.1) is 0 Å². The van der Waals surface area contributed by atoms with Crippen LogP contribution in [0.3, 0.4) is 0 Å². The molecule has 0 spiro atoms. The molecule has 0 radical (unpaired) electrons. The lowest BCUT2D eigenvalue weighted by molar-refractivity contribution is 0.306. The van der Waals surface area contributed by atoms with Crippen LogP contribution in [0, 0.1) is 3.70 Å². The van der Waals surface area contributed by atoms with E-state index in [9.17, 15) is 0 Å². The Hall–Kier alpha value is -1.56. The highest BCUT2D eigenvalue weighted by Gasteiger charge is 2.07. The zero-order valence-corrected chi connectivity index (χ0v) is 12.7. The van der Waals surface area contributed by atoms with Gasteiger partial charge in [0.25, 0.3) is 0 Å². The molecule has 0 fully saturated rings. The molecule has 3 rings (SSSR count). The second kappa shape index (κ2) is 5.21. The summed E-state index contributed by atoms with van der Waals surface area (Å²) < 4.78 is 8.71. The molecule has 1 aromatic heterocycles. The number of nitrogens with zero attached hydrogens (tertiary/aromatic N) is 2. The fourth-order valence-corrected chi connectivity index (χ4v) is 2.79. The van der Waals surface area contributed by atoms with Gasteiger partial charge in [-0.1, -0.05) is 30.3 Å². The standard InChI is InChI=1S/C15H13IN2O/c1-18-14-8-7-12(9-13(14)15(16)17-18)19-10-11-5-3-2-4-6-11/h2-9H,10H2,1H3. The lowest BCUT2D eigenvalue weighted by Crippen LogP contribution is -1.95. The molecule has 3 aromatic rings. The average Bonchev–Trinajstić information content (AvgIpc) is 2.73. The summed E-state index contributed by atoms with van der Waals surface area (Å²) in [6.45, 7) is 0.586. The van der Waals surface area contributed by atoms with Crippen molar-refractivity contribution in [3.63, 3.8) is 0 Å². The van der Waals surface area contributed by atoms with Crippen molar-refractivity contribution in [3.8, 4) is 5.75 Å². The van der Waals surface area contributed by atoms with Gasteiger partial charge in [0.15, 0.2) is 0 Å². The first-order valence-electron chi connectivity index (χ1n) is 6.03. The molecule has 96 valence electrons. The first-order chi connectivity index (χ1) is 9.24. The predicted octanol–water partition coefficient (Wildman–Crippen LogP) is 3.76. The molecular weight excluding hydrogens is 351 g/mol. The molecule has 1 heterocycles. The molecule has 0 aliphatic rings. The minimum Gasteiger partial charge on any atom is -0.489 e. The van der Waals surface area contributed by atoms with Gasteiger partial charge in [0, 0.05) is 12.4 Å². The van der Waals surface area contributed by atoms with Crippen molar-refractivity contribution in [2.45, 2.75) is 6.61 Å². The Labute approximate surface area is 125 Å². The summed E-state index contributed by atoms with van der Waals surface area (Å²) in [5.74, 6) is 0.877. The minimum atomic E-state index is 0.586. The van der Waals surface area contributed by atoms with Gasteiger partial charge >= 0.3 is 0 Å². The molecule has 0 bridgehead atoms. The number of hydrogen-bond donors (Lipinski definition) is 0. The van der Waals surface area contributed by atoms with Crippen molar-refractivity contribution in [1.29, 1.82) is 0 Å². The van der Waals surface area contributed by atoms with Crippen LogP contribution in [0.2, 0.25) is 0 Å². The van der Waals surface area contributed by atoms with Gasteiger partial charge < -0.3 is 4.74 Å². The van der Waals surface area contributed by atoms with Crippen LogP contribution in [0.25, 0.3) is 10.9 Å². The van der Waals surface area contributed by atoms with Crippen molar-refractivity contribution in [3.05, 3.63) is 57.8 Å². The normalized spacial score (nSPS) is 10.8. The Morgan fingerprint density at radius 2 is 1.95 bits per heavy atom. The second-order valence-electron chi connectivity index (χ2n) is 4.37. The number of ether oxygens (including phenoxy) is 1. The van der Waals surface area contributed by atoms with E-state index in [4.69, 9.17) is 4.74 Å². The fraction of sp³-hybridized carbons (Fsp3) is 0.133. The van der Waals surface area contributed by atoms with Crippen LogP contribution in [-0.2, 0) is 13.7 Å². The summed E-state index contributed by atoms with van der Waals surface area (Å²) in [6.07, 6.45) is 0. The molecule has 0 amide bonds. The number of aryl methyl sites for hydroxylation is 1. The quantitative estimate of drug-likeness (QED) is 0.662. The number of benzene rings is 2. The van der Waals surface area contributed by atoms with Crippen LogP contribution in [-0.4, -0.2) is 9.78 Å². The summed E-state index contributed by atoms with van der Waals surface area (Å²) in [7, 11) is 1.95. The smallest absolute Gasteiger partial charge is 0.131 e. The fourth-order valence-electron chi connectivity index (χ4n) is 2.03. The van der Waals surface area contributed by atoms with Crippen molar-refractivity contribution in [2.75, 3.05) is 0 Å². The van der Waals surface area contributed by atoms with E-state index in [1.165, 1.54) is 5.56 Å². The Bertz CT molecular complexity index is 707. The molecule has 19 heavy (non-hydrogen) atoms. The topological polar surface area (TPSA) is 27.1 Å². The van der Waals surface area contributed by atoms with E-state index >= 15 is 0 Å². The third kappa shape index (κ3) is 2.58. The number of aromatic nitrogens is 2. The third-order valence-corrected chi connectivity index (χ3v) is 3.82. The molecule has 3 nitrogen and oxygen atoms in total. The molecule has 4 heteroatoms. The lowest BCUT2D eigenvalue weighted by atomic mass is 10.2. The first-order valence-corrected chi connectivity index (χ1v) is 7.11. The van der Waals surface area contributed by atoms with E-state index in [2.05, 4.69) is 39.8 Å². The highest BCUT2D eigenvalue weighted by Crippen LogP contribution is 2.25. The van der Waals surface area contributed by atoms with Gasteiger partial charge in [-0.2, -0.15) is 5.10 Å². The molecule has 0 N–H and O–H groups in total. The van der Waals surface area contributed by atoms with Gasteiger partial charge in [0.05, 0.1) is 5.52 Å². The van der Waals surface area contributed by atoms with E-state index in [0.717, 1.165) is 20.4 Å². The van der Waals surface area contributed by atoms with Crippen molar-refractivity contribution < 1.29 is 4.74 Å². The highest BCUT2D eigenvalue weighted by molar-refractivity contribution is 14.1. The maximum Gasteiger partial charge on any atom is 0.131 e. The zero-order chi connectivity index (χ0) is 13.2. The average molecular weight is 364 g/mol. The lowest BCUT2D eigenvalue weighted by Gasteiger charge is -2.06. The van der Waals surface area contributed by atoms with Crippen molar-refractivity contribution >= 4 is 33.5 Å². The molecule has 2 aromatic carbocycles. The van der Waals surface area contributed by atoms with Crippen molar-refractivity contribution in [1.82, 2.24) is 9.78 Å². The van der Waals surface area contributed by atoms with Gasteiger partial charge in [0.1, 0.15) is 16.1 Å². The molecule has 0 saturated carbocycles. The Morgan fingerprint density at radius 3 is 2.74 bits per heavy atom. The van der Waals surface area contributed by atoms with Crippen LogP contribution in [0.4, 0.5) is 0 Å². The maximum absolute atomic E-state index is 5.82. The Morgan fingerprint density at radius 1 is 1.16 bits per heavy atom. The summed E-state index contributed by atoms with van der Waals surface area (Å²) >= 11 is 2.25. The number of rotatable bonds is 3. The maximum atomic E-state index is 5.82. The zero-order valence-electron chi connectivity index (χ0n) is 10.5. The molecule has 0 unspecified atom stereocenters. The van der Waals surface area contributed by atoms with E-state index < -0.39 is 0 Å². The highest BCUT2D eigenvalue weighted by atomic mass is 127. The molecule has 0 saturated heterocycles. The van der Waals surface area contributed by atoms with E-state index in [1.807, 2.05) is 48.1 Å². The van der Waals surface area contributed by atoms with Crippen LogP contribution in [0.15, 0.2) is 48.5 Å². The van der Waals surface area contributed by atoms with Gasteiger partial charge in [0.2, 0.25) is 0 Å². The third-order valence-electron chi connectivity index (χ3n) is 3.03. The number of fused-ring (bicyclic) bond motifs is 1. The van der Waals surface area contributed by atoms with Gasteiger partial charge in [-0.3, -0.25) is 4.68 Å². The Balaban J connectivity index is 1.84. The largest absolute Gasteiger partial charge is 0.489 e. The van der Waals surface area contributed by atoms with Crippen LogP contribution in [0.5, 0.6) is 5.75 Å². The molecule has 0 aliphatic carbocycles.